The van der Waals surface area contributed by atoms with E-state index in [1.807, 2.05) is 12.1 Å². The molecule has 2 aromatic heterocycles. The summed E-state index contributed by atoms with van der Waals surface area (Å²) in [7, 11) is 0. The Morgan fingerprint density at radius 2 is 0.568 bits per heavy atom. The quantitative estimate of drug-likeness (QED) is 0.213. The summed E-state index contributed by atoms with van der Waals surface area (Å²) >= 11 is 0. The van der Waals surface area contributed by atoms with Gasteiger partial charge in [-0.25, -0.2) is 0 Å². The predicted octanol–water partition coefficient (Wildman–Crippen LogP) is 12.2. The lowest BCUT2D eigenvalue weighted by Crippen LogP contribution is -1.81. The maximum absolute atomic E-state index is 6.40. The van der Waals surface area contributed by atoms with Gasteiger partial charge in [-0.1, -0.05) is 109 Å². The van der Waals surface area contributed by atoms with E-state index in [1.165, 1.54) is 33.4 Å². The highest BCUT2D eigenvalue weighted by atomic mass is 16.3. The number of hydrogen-bond donors (Lipinski definition) is 0. The predicted molar refractivity (Wildman–Crippen MR) is 183 cm³/mol. The average Bonchev–Trinajstić information content (AvgIpc) is 3.64. The van der Waals surface area contributed by atoms with Gasteiger partial charge in [-0.05, 0) is 93.0 Å². The number of fused-ring (bicyclic) bond motifs is 6. The molecular formula is C42H26O2. The van der Waals surface area contributed by atoms with E-state index in [4.69, 9.17) is 8.83 Å². The van der Waals surface area contributed by atoms with E-state index in [2.05, 4.69) is 146 Å². The Morgan fingerprint density at radius 1 is 0.227 bits per heavy atom. The molecule has 7 aromatic carbocycles. The normalized spacial score (nSPS) is 11.6. The van der Waals surface area contributed by atoms with Crippen LogP contribution in [-0.2, 0) is 0 Å². The van der Waals surface area contributed by atoms with Gasteiger partial charge in [0.1, 0.15) is 22.3 Å². The summed E-state index contributed by atoms with van der Waals surface area (Å²) in [4.78, 5) is 0. The second-order valence-electron chi connectivity index (χ2n) is 11.4. The number of hydrogen-bond acceptors (Lipinski definition) is 2. The van der Waals surface area contributed by atoms with Crippen LogP contribution in [0.25, 0.3) is 88.4 Å². The molecule has 9 rings (SSSR count). The third-order valence-corrected chi connectivity index (χ3v) is 8.67. The molecule has 0 saturated carbocycles. The van der Waals surface area contributed by atoms with Gasteiger partial charge in [-0.15, -0.1) is 0 Å². The Balaban J connectivity index is 1.14. The third kappa shape index (κ3) is 4.11. The third-order valence-electron chi connectivity index (χ3n) is 8.67. The lowest BCUT2D eigenvalue weighted by Gasteiger charge is -2.06. The monoisotopic (exact) mass is 562 g/mol. The zero-order valence-electron chi connectivity index (χ0n) is 23.8. The van der Waals surface area contributed by atoms with Gasteiger partial charge in [0.25, 0.3) is 0 Å². The van der Waals surface area contributed by atoms with Crippen LogP contribution in [0, 0.1) is 0 Å². The van der Waals surface area contributed by atoms with Crippen molar-refractivity contribution in [3.8, 4) is 44.5 Å². The highest BCUT2D eigenvalue weighted by Gasteiger charge is 2.15. The average molecular weight is 563 g/mol. The van der Waals surface area contributed by atoms with Crippen molar-refractivity contribution in [2.75, 3.05) is 0 Å². The highest BCUT2D eigenvalue weighted by Crippen LogP contribution is 2.39. The topological polar surface area (TPSA) is 26.3 Å². The first-order valence-corrected chi connectivity index (χ1v) is 14.9. The van der Waals surface area contributed by atoms with Crippen molar-refractivity contribution in [2.24, 2.45) is 0 Å². The Labute approximate surface area is 254 Å². The summed E-state index contributed by atoms with van der Waals surface area (Å²) in [6, 6.07) is 55.6. The zero-order chi connectivity index (χ0) is 29.0. The van der Waals surface area contributed by atoms with Crippen LogP contribution < -0.4 is 0 Å². The number of rotatable bonds is 4. The molecule has 0 saturated heterocycles. The van der Waals surface area contributed by atoms with Crippen LogP contribution in [0.5, 0.6) is 0 Å². The summed E-state index contributed by atoms with van der Waals surface area (Å²) in [5.41, 5.74) is 13.0. The Morgan fingerprint density at radius 3 is 1.00 bits per heavy atom. The van der Waals surface area contributed by atoms with Crippen molar-refractivity contribution in [1.29, 1.82) is 0 Å². The minimum atomic E-state index is 0.863. The van der Waals surface area contributed by atoms with E-state index in [0.29, 0.717) is 0 Å². The molecule has 0 bridgehead atoms. The second-order valence-corrected chi connectivity index (χ2v) is 11.4. The summed E-state index contributed by atoms with van der Waals surface area (Å²) in [6.07, 6.45) is 0. The van der Waals surface area contributed by atoms with E-state index < -0.39 is 0 Å². The van der Waals surface area contributed by atoms with Crippen molar-refractivity contribution in [3.63, 3.8) is 0 Å². The molecule has 0 aliphatic heterocycles. The fourth-order valence-electron chi connectivity index (χ4n) is 6.42. The fraction of sp³-hybridized carbons (Fsp3) is 0. The molecular weight excluding hydrogens is 536 g/mol. The molecule has 0 unspecified atom stereocenters. The van der Waals surface area contributed by atoms with E-state index in [-0.39, 0.29) is 0 Å². The standard InChI is InChI=1S/C42H26O2/c1-3-9-27(10-4-1)29-13-7-15-31(21-29)33-17-19-39-35(23-33)37-25-42-38(26-41(37)43-39)36-24-34(18-20-40(36)44-42)32-16-8-14-30(22-32)28-11-5-2-6-12-28/h1-26H. The minimum Gasteiger partial charge on any atom is -0.456 e. The molecule has 0 spiro atoms. The van der Waals surface area contributed by atoms with Gasteiger partial charge >= 0.3 is 0 Å². The summed E-state index contributed by atoms with van der Waals surface area (Å²) in [5, 5.41) is 4.29. The van der Waals surface area contributed by atoms with E-state index in [1.54, 1.807) is 0 Å². The SMILES string of the molecule is c1ccc(-c2cccc(-c3ccc4oc5cc6c(cc5c4c3)oc3ccc(-c4cccc(-c5ccccc5)c4)cc36)c2)cc1. The van der Waals surface area contributed by atoms with Gasteiger partial charge in [0.2, 0.25) is 0 Å². The van der Waals surface area contributed by atoms with Crippen LogP contribution in [0.2, 0.25) is 0 Å². The second kappa shape index (κ2) is 9.86. The molecule has 44 heavy (non-hydrogen) atoms. The first-order valence-electron chi connectivity index (χ1n) is 14.9. The molecule has 9 aromatic rings. The zero-order valence-corrected chi connectivity index (χ0v) is 23.8. The van der Waals surface area contributed by atoms with Crippen molar-refractivity contribution in [2.45, 2.75) is 0 Å². The van der Waals surface area contributed by atoms with Crippen molar-refractivity contribution in [1.82, 2.24) is 0 Å². The molecule has 0 atom stereocenters. The fourth-order valence-corrected chi connectivity index (χ4v) is 6.42. The van der Waals surface area contributed by atoms with Gasteiger partial charge in [-0.3, -0.25) is 0 Å². The van der Waals surface area contributed by atoms with E-state index in [9.17, 15) is 0 Å². The Hall–Kier alpha value is -5.86. The lowest BCUT2D eigenvalue weighted by molar-refractivity contribution is 0.664. The molecule has 0 fully saturated rings. The van der Waals surface area contributed by atoms with Crippen LogP contribution in [0.15, 0.2) is 167 Å². The van der Waals surface area contributed by atoms with E-state index >= 15 is 0 Å². The van der Waals surface area contributed by atoms with Crippen molar-refractivity contribution < 1.29 is 8.83 Å². The van der Waals surface area contributed by atoms with Crippen LogP contribution in [-0.4, -0.2) is 0 Å². The van der Waals surface area contributed by atoms with Crippen molar-refractivity contribution in [3.05, 3.63) is 158 Å². The van der Waals surface area contributed by atoms with E-state index in [0.717, 1.165) is 55.0 Å². The van der Waals surface area contributed by atoms with Gasteiger partial charge < -0.3 is 8.83 Å². The Bertz CT molecular complexity index is 2300. The maximum Gasteiger partial charge on any atom is 0.136 e. The van der Waals surface area contributed by atoms with Gasteiger partial charge in [0, 0.05) is 21.5 Å². The summed E-state index contributed by atoms with van der Waals surface area (Å²) in [5.74, 6) is 0. The maximum atomic E-state index is 6.40. The van der Waals surface area contributed by atoms with Crippen LogP contribution >= 0.6 is 0 Å². The molecule has 206 valence electrons. The largest absolute Gasteiger partial charge is 0.456 e. The lowest BCUT2D eigenvalue weighted by atomic mass is 9.97. The molecule has 0 amide bonds. The molecule has 0 N–H and O–H groups in total. The minimum absolute atomic E-state index is 0.863. The molecule has 0 aliphatic carbocycles. The molecule has 2 heterocycles. The number of furan rings is 2. The summed E-state index contributed by atoms with van der Waals surface area (Å²) < 4.78 is 12.8. The van der Waals surface area contributed by atoms with Gasteiger partial charge in [-0.2, -0.15) is 0 Å². The highest BCUT2D eigenvalue weighted by molar-refractivity contribution is 6.15. The molecule has 2 heteroatoms. The van der Waals surface area contributed by atoms with Crippen LogP contribution in [0.1, 0.15) is 0 Å². The molecule has 2 nitrogen and oxygen atoms in total. The molecule has 0 radical (unpaired) electrons. The summed E-state index contributed by atoms with van der Waals surface area (Å²) in [6.45, 7) is 0. The van der Waals surface area contributed by atoms with Gasteiger partial charge in [0.15, 0.2) is 0 Å². The Kier molecular flexibility index (Phi) is 5.54. The first kappa shape index (κ1) is 24.7. The van der Waals surface area contributed by atoms with Crippen molar-refractivity contribution >= 4 is 43.9 Å². The smallest absolute Gasteiger partial charge is 0.136 e. The number of benzene rings is 7. The first-order chi connectivity index (χ1) is 21.8. The van der Waals surface area contributed by atoms with Crippen LogP contribution in [0.4, 0.5) is 0 Å². The van der Waals surface area contributed by atoms with Gasteiger partial charge in [0.05, 0.1) is 0 Å². The molecule has 0 aliphatic rings. The van der Waals surface area contributed by atoms with Crippen LogP contribution in [0.3, 0.4) is 0 Å².